The van der Waals surface area contributed by atoms with E-state index in [9.17, 15) is 49.1 Å². The number of benzene rings is 2. The fourth-order valence-corrected chi connectivity index (χ4v) is 3.46. The molecule has 184 valence electrons. The highest BCUT2D eigenvalue weighted by molar-refractivity contribution is 5.97. The number of hydrogen-bond donors (Lipinski definition) is 0. The van der Waals surface area contributed by atoms with Crippen LogP contribution < -0.4 is 0 Å². The molecule has 0 N–H and O–H groups in total. The Morgan fingerprint density at radius 2 is 1.06 bits per heavy atom. The van der Waals surface area contributed by atoms with Gasteiger partial charge in [0.2, 0.25) is 0 Å². The van der Waals surface area contributed by atoms with Gasteiger partial charge in [0, 0.05) is 31.7 Å². The van der Waals surface area contributed by atoms with Crippen LogP contribution in [-0.4, -0.2) is 47.8 Å². The molecule has 34 heavy (non-hydrogen) atoms. The normalized spacial score (nSPS) is 15.4. The second kappa shape index (κ2) is 8.84. The summed E-state index contributed by atoms with van der Waals surface area (Å²) in [5, 5.41) is 0. The topological polar surface area (TPSA) is 40.6 Å². The molecule has 0 atom stereocenters. The van der Waals surface area contributed by atoms with Gasteiger partial charge in [-0.2, -0.15) is 39.5 Å². The van der Waals surface area contributed by atoms with Gasteiger partial charge in [0.25, 0.3) is 11.8 Å². The van der Waals surface area contributed by atoms with Crippen LogP contribution in [0.25, 0.3) is 0 Å². The van der Waals surface area contributed by atoms with E-state index in [1.54, 1.807) is 0 Å². The summed E-state index contributed by atoms with van der Waals surface area (Å²) in [4.78, 5) is 27.2. The molecule has 13 heteroatoms. The summed E-state index contributed by atoms with van der Waals surface area (Å²) in [6.45, 7) is -1.11. The van der Waals surface area contributed by atoms with Crippen molar-refractivity contribution in [3.8, 4) is 0 Å². The third-order valence-electron chi connectivity index (χ3n) is 5.15. The molecule has 0 aliphatic carbocycles. The SMILES string of the molecule is O=C(c1cc(C(F)(F)F)cc(C(F)(F)F)c1)N1CCN(C(=O)c2ccccc2C(F)(F)F)CC1. The molecular weight excluding hydrogens is 483 g/mol. The number of rotatable bonds is 2. The van der Waals surface area contributed by atoms with Crippen molar-refractivity contribution in [1.82, 2.24) is 9.80 Å². The van der Waals surface area contributed by atoms with E-state index in [1.807, 2.05) is 0 Å². The lowest BCUT2D eigenvalue weighted by atomic mass is 10.0. The van der Waals surface area contributed by atoms with Gasteiger partial charge in [-0.1, -0.05) is 12.1 Å². The van der Waals surface area contributed by atoms with E-state index in [1.165, 1.54) is 6.07 Å². The lowest BCUT2D eigenvalue weighted by Gasteiger charge is -2.35. The van der Waals surface area contributed by atoms with Gasteiger partial charge in [-0.05, 0) is 30.3 Å². The first-order valence-corrected chi connectivity index (χ1v) is 9.63. The molecule has 0 unspecified atom stereocenters. The van der Waals surface area contributed by atoms with Gasteiger partial charge >= 0.3 is 18.5 Å². The predicted octanol–water partition coefficient (Wildman–Crippen LogP) is 5.34. The Hall–Kier alpha value is -3.25. The molecular formula is C21H15F9N2O2. The molecule has 1 heterocycles. The molecule has 1 aliphatic heterocycles. The summed E-state index contributed by atoms with van der Waals surface area (Å²) in [5.41, 5.74) is -5.90. The smallest absolute Gasteiger partial charge is 0.335 e. The van der Waals surface area contributed by atoms with Crippen LogP contribution in [0.15, 0.2) is 42.5 Å². The summed E-state index contributed by atoms with van der Waals surface area (Å²) in [7, 11) is 0. The van der Waals surface area contributed by atoms with E-state index >= 15 is 0 Å². The fraction of sp³-hybridized carbons (Fsp3) is 0.333. The molecule has 0 aromatic heterocycles. The maximum Gasteiger partial charge on any atom is 0.417 e. The van der Waals surface area contributed by atoms with Crippen LogP contribution in [0.1, 0.15) is 37.4 Å². The Kier molecular flexibility index (Phi) is 6.60. The van der Waals surface area contributed by atoms with Gasteiger partial charge in [-0.25, -0.2) is 0 Å². The number of alkyl halides is 9. The van der Waals surface area contributed by atoms with Crippen LogP contribution in [0.2, 0.25) is 0 Å². The standard InChI is InChI=1S/C21H15F9N2O2/c22-19(23,24)13-9-12(10-14(11-13)20(25,26)27)17(33)31-5-7-32(8-6-31)18(34)15-3-1-2-4-16(15)21(28,29)30/h1-4,9-11H,5-8H2. The molecule has 0 saturated carbocycles. The average molecular weight is 498 g/mol. The van der Waals surface area contributed by atoms with Gasteiger partial charge in [-0.3, -0.25) is 9.59 Å². The third-order valence-corrected chi connectivity index (χ3v) is 5.15. The van der Waals surface area contributed by atoms with E-state index in [4.69, 9.17) is 0 Å². The molecule has 3 rings (SSSR count). The number of amides is 2. The molecule has 1 aliphatic rings. The van der Waals surface area contributed by atoms with Crippen molar-refractivity contribution in [3.63, 3.8) is 0 Å². The molecule has 1 fully saturated rings. The van der Waals surface area contributed by atoms with E-state index < -0.39 is 58.2 Å². The highest BCUT2D eigenvalue weighted by atomic mass is 19.4. The van der Waals surface area contributed by atoms with Gasteiger partial charge in [0.05, 0.1) is 22.3 Å². The minimum Gasteiger partial charge on any atom is -0.335 e. The van der Waals surface area contributed by atoms with Crippen molar-refractivity contribution in [2.75, 3.05) is 26.2 Å². The van der Waals surface area contributed by atoms with Gasteiger partial charge < -0.3 is 9.80 Å². The number of carbonyl (C=O) groups excluding carboxylic acids is 2. The predicted molar refractivity (Wildman–Crippen MR) is 99.7 cm³/mol. The second-order valence-electron chi connectivity index (χ2n) is 7.42. The quantitative estimate of drug-likeness (QED) is 0.525. The lowest BCUT2D eigenvalue weighted by Crippen LogP contribution is -2.50. The molecule has 0 bridgehead atoms. The Morgan fingerprint density at radius 3 is 1.50 bits per heavy atom. The number of halogens is 9. The Labute approximate surface area is 186 Å². The summed E-state index contributed by atoms with van der Waals surface area (Å²) >= 11 is 0. The summed E-state index contributed by atoms with van der Waals surface area (Å²) in [6, 6.07) is 4.58. The number of piperazine rings is 1. The summed E-state index contributed by atoms with van der Waals surface area (Å²) < 4.78 is 118. The zero-order valence-electron chi connectivity index (χ0n) is 17.0. The van der Waals surface area contributed by atoms with Gasteiger partial charge in [0.1, 0.15) is 0 Å². The first-order chi connectivity index (χ1) is 15.6. The molecule has 4 nitrogen and oxygen atoms in total. The van der Waals surface area contributed by atoms with Crippen molar-refractivity contribution in [3.05, 3.63) is 70.3 Å². The van der Waals surface area contributed by atoms with Crippen LogP contribution in [0, 0.1) is 0 Å². The maximum atomic E-state index is 13.2. The first kappa shape index (κ1) is 25.4. The van der Waals surface area contributed by atoms with Crippen molar-refractivity contribution < 1.29 is 49.1 Å². The van der Waals surface area contributed by atoms with E-state index in [-0.39, 0.29) is 32.2 Å². The van der Waals surface area contributed by atoms with Crippen LogP contribution >= 0.6 is 0 Å². The Morgan fingerprint density at radius 1 is 0.618 bits per heavy atom. The summed E-state index contributed by atoms with van der Waals surface area (Å²) in [6.07, 6.45) is -15.1. The van der Waals surface area contributed by atoms with Crippen molar-refractivity contribution >= 4 is 11.8 Å². The average Bonchev–Trinajstić information content (AvgIpc) is 2.76. The van der Waals surface area contributed by atoms with Crippen LogP contribution in [0.4, 0.5) is 39.5 Å². The molecule has 0 spiro atoms. The zero-order chi connectivity index (χ0) is 25.5. The number of carbonyl (C=O) groups is 2. The minimum absolute atomic E-state index is 0.106. The lowest BCUT2D eigenvalue weighted by molar-refractivity contribution is -0.143. The summed E-state index contributed by atoms with van der Waals surface area (Å²) in [5.74, 6) is -2.09. The third kappa shape index (κ3) is 5.45. The highest BCUT2D eigenvalue weighted by Crippen LogP contribution is 2.37. The fourth-order valence-electron chi connectivity index (χ4n) is 3.46. The largest absolute Gasteiger partial charge is 0.417 e. The monoisotopic (exact) mass is 498 g/mol. The van der Waals surface area contributed by atoms with Crippen molar-refractivity contribution in [2.45, 2.75) is 18.5 Å². The molecule has 2 aromatic carbocycles. The number of hydrogen-bond acceptors (Lipinski definition) is 2. The van der Waals surface area contributed by atoms with Crippen LogP contribution in [-0.2, 0) is 18.5 Å². The number of nitrogens with zero attached hydrogens (tertiary/aromatic N) is 2. The Balaban J connectivity index is 1.79. The highest BCUT2D eigenvalue weighted by Gasteiger charge is 2.39. The van der Waals surface area contributed by atoms with Crippen molar-refractivity contribution in [1.29, 1.82) is 0 Å². The second-order valence-corrected chi connectivity index (χ2v) is 7.42. The molecule has 0 radical (unpaired) electrons. The van der Waals surface area contributed by atoms with Gasteiger partial charge in [0.15, 0.2) is 0 Å². The van der Waals surface area contributed by atoms with E-state index in [2.05, 4.69) is 0 Å². The molecule has 2 aromatic rings. The van der Waals surface area contributed by atoms with E-state index in [0.717, 1.165) is 28.0 Å². The molecule has 1 saturated heterocycles. The first-order valence-electron chi connectivity index (χ1n) is 9.63. The van der Waals surface area contributed by atoms with Crippen LogP contribution in [0.3, 0.4) is 0 Å². The van der Waals surface area contributed by atoms with Gasteiger partial charge in [-0.15, -0.1) is 0 Å². The van der Waals surface area contributed by atoms with E-state index in [0.29, 0.717) is 12.1 Å². The Bertz CT molecular complexity index is 1050. The van der Waals surface area contributed by atoms with Crippen LogP contribution in [0.5, 0.6) is 0 Å². The maximum absolute atomic E-state index is 13.2. The molecule has 2 amide bonds. The zero-order valence-corrected chi connectivity index (χ0v) is 17.0. The van der Waals surface area contributed by atoms with Crippen molar-refractivity contribution in [2.24, 2.45) is 0 Å². The minimum atomic E-state index is -5.13.